The number of nitrogens with zero attached hydrogens (tertiary/aromatic N) is 4. The third-order valence-corrected chi connectivity index (χ3v) is 5.66. The fraction of sp³-hybridized carbons (Fsp3) is 0.318. The van der Waals surface area contributed by atoms with Gasteiger partial charge >= 0.3 is 0 Å². The maximum Gasteiger partial charge on any atom is 0.175 e. The highest BCUT2D eigenvalue weighted by atomic mass is 32.2. The monoisotopic (exact) mass is 420 g/mol. The molecule has 0 fully saturated rings. The number of nitrogens with two attached hydrogens (primary N) is 1. The van der Waals surface area contributed by atoms with Gasteiger partial charge in [-0.05, 0) is 23.6 Å². The minimum atomic E-state index is 0.210. The third kappa shape index (κ3) is 4.13. The highest BCUT2D eigenvalue weighted by molar-refractivity contribution is 7.99. The molecule has 1 aromatic carbocycles. The lowest BCUT2D eigenvalue weighted by Crippen LogP contribution is -2.29. The SMILES string of the molecule is C#Cc1cc2ccoc2cc1Sc1nc2c(N)ncnc2n1CCNCC(C)(C)C. The summed E-state index contributed by atoms with van der Waals surface area (Å²) >= 11 is 1.48. The largest absolute Gasteiger partial charge is 0.464 e. The first-order valence-electron chi connectivity index (χ1n) is 9.69. The molecule has 0 unspecified atom stereocenters. The van der Waals surface area contributed by atoms with Gasteiger partial charge in [0.15, 0.2) is 22.1 Å². The van der Waals surface area contributed by atoms with Crippen LogP contribution in [0.3, 0.4) is 0 Å². The fourth-order valence-electron chi connectivity index (χ4n) is 3.15. The number of rotatable bonds is 6. The number of nitrogen functional groups attached to an aromatic ring is 1. The van der Waals surface area contributed by atoms with Crippen molar-refractivity contribution in [1.29, 1.82) is 0 Å². The van der Waals surface area contributed by atoms with Gasteiger partial charge in [-0.3, -0.25) is 0 Å². The summed E-state index contributed by atoms with van der Waals surface area (Å²) in [6.07, 6.45) is 8.89. The second kappa shape index (κ2) is 8.01. The Morgan fingerprint density at radius 3 is 2.90 bits per heavy atom. The predicted molar refractivity (Wildman–Crippen MR) is 120 cm³/mol. The normalized spacial score (nSPS) is 11.9. The molecule has 0 aliphatic rings. The highest BCUT2D eigenvalue weighted by Crippen LogP contribution is 2.35. The molecule has 0 atom stereocenters. The van der Waals surface area contributed by atoms with E-state index in [4.69, 9.17) is 21.6 Å². The topological polar surface area (TPSA) is 94.8 Å². The minimum absolute atomic E-state index is 0.210. The summed E-state index contributed by atoms with van der Waals surface area (Å²) in [6, 6.07) is 5.80. The first kappa shape index (κ1) is 20.3. The zero-order valence-corrected chi connectivity index (χ0v) is 18.1. The number of nitrogens with one attached hydrogen (secondary N) is 1. The molecule has 8 heteroatoms. The lowest BCUT2D eigenvalue weighted by Gasteiger charge is -2.19. The Hall–Kier alpha value is -3.02. The Morgan fingerprint density at radius 2 is 2.13 bits per heavy atom. The molecule has 0 bridgehead atoms. The zero-order valence-electron chi connectivity index (χ0n) is 17.3. The van der Waals surface area contributed by atoms with E-state index in [2.05, 4.69) is 46.5 Å². The van der Waals surface area contributed by atoms with Gasteiger partial charge in [-0.15, -0.1) is 6.42 Å². The molecular weight excluding hydrogens is 396 g/mol. The van der Waals surface area contributed by atoms with E-state index in [1.807, 2.05) is 18.2 Å². The number of terminal acetylenes is 1. The maximum absolute atomic E-state index is 6.06. The van der Waals surface area contributed by atoms with Crippen LogP contribution in [0.1, 0.15) is 26.3 Å². The van der Waals surface area contributed by atoms with Crippen molar-refractivity contribution in [2.24, 2.45) is 5.41 Å². The molecule has 0 spiro atoms. The van der Waals surface area contributed by atoms with Gasteiger partial charge < -0.3 is 20.0 Å². The summed E-state index contributed by atoms with van der Waals surface area (Å²) in [4.78, 5) is 14.1. The van der Waals surface area contributed by atoms with Gasteiger partial charge in [0, 0.05) is 35.5 Å². The van der Waals surface area contributed by atoms with E-state index in [-0.39, 0.29) is 5.41 Å². The molecule has 7 nitrogen and oxygen atoms in total. The van der Waals surface area contributed by atoms with Crippen molar-refractivity contribution in [2.75, 3.05) is 18.8 Å². The standard InChI is InChI=1S/C22H24N6OS/c1-5-14-10-15-6-9-29-16(15)11-17(14)30-21-27-18-19(23)25-13-26-20(18)28(21)8-7-24-12-22(2,3)4/h1,6,9-11,13,24H,7-8,12H2,2-4H3,(H2,23,25,26). The Bertz CT molecular complexity index is 1240. The van der Waals surface area contributed by atoms with E-state index in [0.717, 1.165) is 39.7 Å². The molecule has 30 heavy (non-hydrogen) atoms. The molecule has 3 aromatic heterocycles. The van der Waals surface area contributed by atoms with E-state index in [0.29, 0.717) is 23.5 Å². The maximum atomic E-state index is 6.06. The molecular formula is C22H24N6OS. The number of hydrogen-bond donors (Lipinski definition) is 2. The third-order valence-electron chi connectivity index (χ3n) is 4.60. The van der Waals surface area contributed by atoms with Crippen LogP contribution in [0.4, 0.5) is 5.82 Å². The molecule has 0 aliphatic heterocycles. The van der Waals surface area contributed by atoms with Crippen LogP contribution in [0.2, 0.25) is 0 Å². The van der Waals surface area contributed by atoms with Gasteiger partial charge in [0.25, 0.3) is 0 Å². The molecule has 4 rings (SSSR count). The molecule has 0 saturated heterocycles. The van der Waals surface area contributed by atoms with E-state index < -0.39 is 0 Å². The number of imidazole rings is 1. The van der Waals surface area contributed by atoms with Crippen molar-refractivity contribution in [2.45, 2.75) is 37.4 Å². The molecule has 0 radical (unpaired) electrons. The van der Waals surface area contributed by atoms with Crippen LogP contribution in [-0.4, -0.2) is 32.6 Å². The first-order valence-corrected chi connectivity index (χ1v) is 10.5. The van der Waals surface area contributed by atoms with Crippen LogP contribution in [0.25, 0.3) is 22.1 Å². The quantitative estimate of drug-likeness (QED) is 0.360. The Kier molecular flexibility index (Phi) is 5.41. The summed E-state index contributed by atoms with van der Waals surface area (Å²) in [7, 11) is 0. The Labute approximate surface area is 179 Å². The van der Waals surface area contributed by atoms with Crippen molar-refractivity contribution in [3.8, 4) is 12.3 Å². The zero-order chi connectivity index (χ0) is 21.3. The molecule has 3 heterocycles. The number of aromatic nitrogens is 4. The first-order chi connectivity index (χ1) is 14.4. The van der Waals surface area contributed by atoms with Crippen LogP contribution in [-0.2, 0) is 6.54 Å². The average molecular weight is 421 g/mol. The molecule has 0 aliphatic carbocycles. The van der Waals surface area contributed by atoms with Crippen molar-refractivity contribution in [1.82, 2.24) is 24.8 Å². The van der Waals surface area contributed by atoms with Crippen molar-refractivity contribution in [3.05, 3.63) is 36.4 Å². The number of fused-ring (bicyclic) bond motifs is 2. The van der Waals surface area contributed by atoms with E-state index in [9.17, 15) is 0 Å². The van der Waals surface area contributed by atoms with Crippen LogP contribution in [0.5, 0.6) is 0 Å². The lowest BCUT2D eigenvalue weighted by molar-refractivity contribution is 0.375. The lowest BCUT2D eigenvalue weighted by atomic mass is 9.97. The van der Waals surface area contributed by atoms with Gasteiger partial charge in [0.1, 0.15) is 11.9 Å². The van der Waals surface area contributed by atoms with Crippen molar-refractivity contribution >= 4 is 39.7 Å². The average Bonchev–Trinajstić information content (AvgIpc) is 3.29. The summed E-state index contributed by atoms with van der Waals surface area (Å²) in [5.41, 5.74) is 9.15. The summed E-state index contributed by atoms with van der Waals surface area (Å²) in [5.74, 6) is 3.13. The Balaban J connectivity index is 1.69. The summed E-state index contributed by atoms with van der Waals surface area (Å²) < 4.78 is 7.61. The van der Waals surface area contributed by atoms with Crippen molar-refractivity contribution in [3.63, 3.8) is 0 Å². The van der Waals surface area contributed by atoms with Crippen LogP contribution < -0.4 is 11.1 Å². The van der Waals surface area contributed by atoms with Gasteiger partial charge in [-0.25, -0.2) is 15.0 Å². The van der Waals surface area contributed by atoms with Crippen molar-refractivity contribution < 1.29 is 4.42 Å². The molecule has 0 amide bonds. The highest BCUT2D eigenvalue weighted by Gasteiger charge is 2.18. The van der Waals surface area contributed by atoms with Gasteiger partial charge in [-0.1, -0.05) is 38.5 Å². The smallest absolute Gasteiger partial charge is 0.175 e. The minimum Gasteiger partial charge on any atom is -0.464 e. The number of furan rings is 1. The van der Waals surface area contributed by atoms with E-state index in [1.165, 1.54) is 18.1 Å². The predicted octanol–water partition coefficient (Wildman–Crippen LogP) is 3.92. The van der Waals surface area contributed by atoms with E-state index >= 15 is 0 Å². The fourth-order valence-corrected chi connectivity index (χ4v) is 4.17. The van der Waals surface area contributed by atoms with Crippen LogP contribution in [0, 0.1) is 17.8 Å². The van der Waals surface area contributed by atoms with E-state index in [1.54, 1.807) is 6.26 Å². The van der Waals surface area contributed by atoms with Gasteiger partial charge in [0.2, 0.25) is 0 Å². The second-order valence-electron chi connectivity index (χ2n) is 8.27. The molecule has 4 aromatic rings. The second-order valence-corrected chi connectivity index (χ2v) is 9.28. The number of hydrogen-bond acceptors (Lipinski definition) is 7. The molecule has 3 N–H and O–H groups in total. The van der Waals surface area contributed by atoms with Gasteiger partial charge in [0.05, 0.1) is 6.26 Å². The molecule has 154 valence electrons. The van der Waals surface area contributed by atoms with Crippen LogP contribution in [0.15, 0.2) is 45.3 Å². The molecule has 0 saturated carbocycles. The van der Waals surface area contributed by atoms with Crippen LogP contribution >= 0.6 is 11.8 Å². The Morgan fingerprint density at radius 1 is 1.30 bits per heavy atom. The summed E-state index contributed by atoms with van der Waals surface area (Å²) in [6.45, 7) is 8.99. The van der Waals surface area contributed by atoms with Gasteiger partial charge in [-0.2, -0.15) is 0 Å². The number of benzene rings is 1. The number of anilines is 1. The summed E-state index contributed by atoms with van der Waals surface area (Å²) in [5, 5.41) is 5.23.